The molecule has 1 rings (SSSR count). The Morgan fingerprint density at radius 3 is 3.00 bits per heavy atom. The van der Waals surface area contributed by atoms with Crippen molar-refractivity contribution in [2.45, 2.75) is 32.4 Å². The van der Waals surface area contributed by atoms with Crippen LogP contribution in [0.25, 0.3) is 0 Å². The van der Waals surface area contributed by atoms with Gasteiger partial charge in [-0.3, -0.25) is 4.79 Å². The molecule has 0 spiro atoms. The van der Waals surface area contributed by atoms with E-state index in [1.165, 1.54) is 6.20 Å². The zero-order chi connectivity index (χ0) is 14.1. The number of hydrogen-bond acceptors (Lipinski definition) is 7. The minimum Gasteiger partial charge on any atom is -0.473 e. The number of hydrogen-bond donors (Lipinski definition) is 3. The first-order valence-corrected chi connectivity index (χ1v) is 6.89. The van der Waals surface area contributed by atoms with E-state index in [0.29, 0.717) is 25.4 Å². The molecule has 0 bridgehead atoms. The van der Waals surface area contributed by atoms with Gasteiger partial charge in [-0.1, -0.05) is 0 Å². The molecule has 0 fully saturated rings. The number of ether oxygens (including phenoxy) is 1. The lowest BCUT2D eigenvalue weighted by atomic mass is 10.3. The molecule has 8 heteroatoms. The summed E-state index contributed by atoms with van der Waals surface area (Å²) in [6.45, 7) is 4.87. The molecule has 1 atom stereocenters. The fourth-order valence-electron chi connectivity index (χ4n) is 1.32. The largest absolute Gasteiger partial charge is 0.473 e. The second-order valence-electron chi connectivity index (χ2n) is 4.39. The average Bonchev–Trinajstić information content (AvgIpc) is 2.84. The molecule has 0 aliphatic carbocycles. The van der Waals surface area contributed by atoms with E-state index in [4.69, 9.17) is 4.74 Å². The standard InChI is InChI=1S/C11H20N4O3S/c1-8(2)14-10(17)3-4-12-5-9(16)7-18-11-6-13-19-15-11/h6,8-9,12,16H,3-5,7H2,1-2H3,(H,14,17). The molecule has 1 unspecified atom stereocenters. The van der Waals surface area contributed by atoms with Crippen LogP contribution in [-0.2, 0) is 4.79 Å². The number of carbonyl (C=O) groups excluding carboxylic acids is 1. The molecule has 7 nitrogen and oxygen atoms in total. The highest BCUT2D eigenvalue weighted by molar-refractivity contribution is 6.99. The quantitative estimate of drug-likeness (QED) is 0.544. The third-order valence-corrected chi connectivity index (χ3v) is 2.58. The van der Waals surface area contributed by atoms with E-state index in [1.54, 1.807) is 0 Å². The van der Waals surface area contributed by atoms with Crippen molar-refractivity contribution in [1.82, 2.24) is 19.4 Å². The monoisotopic (exact) mass is 288 g/mol. The zero-order valence-corrected chi connectivity index (χ0v) is 11.9. The van der Waals surface area contributed by atoms with Gasteiger partial charge in [0.2, 0.25) is 11.8 Å². The van der Waals surface area contributed by atoms with Gasteiger partial charge in [0.15, 0.2) is 0 Å². The molecule has 1 aromatic heterocycles. The summed E-state index contributed by atoms with van der Waals surface area (Å²) < 4.78 is 12.8. The minimum absolute atomic E-state index is 0.00165. The lowest BCUT2D eigenvalue weighted by Gasteiger charge is -2.12. The van der Waals surface area contributed by atoms with E-state index >= 15 is 0 Å². The van der Waals surface area contributed by atoms with Crippen LogP contribution in [-0.4, -0.2) is 51.6 Å². The Morgan fingerprint density at radius 2 is 2.37 bits per heavy atom. The highest BCUT2D eigenvalue weighted by atomic mass is 32.1. The summed E-state index contributed by atoms with van der Waals surface area (Å²) in [7, 11) is 0. The number of nitrogens with one attached hydrogen (secondary N) is 2. The summed E-state index contributed by atoms with van der Waals surface area (Å²) >= 11 is 1.05. The molecule has 1 heterocycles. The van der Waals surface area contributed by atoms with E-state index in [-0.39, 0.29) is 18.6 Å². The van der Waals surface area contributed by atoms with Gasteiger partial charge < -0.3 is 20.5 Å². The fourth-order valence-corrected chi connectivity index (χ4v) is 1.69. The predicted octanol–water partition coefficient (Wildman–Crippen LogP) is -0.218. The number of amides is 1. The van der Waals surface area contributed by atoms with Crippen LogP contribution in [0.2, 0.25) is 0 Å². The van der Waals surface area contributed by atoms with Crippen LogP contribution in [0.5, 0.6) is 5.88 Å². The first-order chi connectivity index (χ1) is 9.08. The van der Waals surface area contributed by atoms with E-state index in [9.17, 15) is 9.90 Å². The molecule has 0 radical (unpaired) electrons. The summed E-state index contributed by atoms with van der Waals surface area (Å²) in [6, 6.07) is 0.151. The molecule has 0 aliphatic heterocycles. The smallest absolute Gasteiger partial charge is 0.245 e. The maximum absolute atomic E-state index is 11.3. The van der Waals surface area contributed by atoms with Gasteiger partial charge in [-0.05, 0) is 13.8 Å². The Labute approximate surface area is 116 Å². The Bertz CT molecular complexity index is 359. The Hall–Kier alpha value is -1.25. The lowest BCUT2D eigenvalue weighted by Crippen LogP contribution is -2.36. The molecule has 19 heavy (non-hydrogen) atoms. The molecule has 1 amide bonds. The van der Waals surface area contributed by atoms with Crippen LogP contribution in [0.3, 0.4) is 0 Å². The van der Waals surface area contributed by atoms with Crippen LogP contribution in [0, 0.1) is 0 Å². The van der Waals surface area contributed by atoms with Gasteiger partial charge in [0.25, 0.3) is 0 Å². The molecule has 0 saturated heterocycles. The second kappa shape index (κ2) is 8.78. The van der Waals surface area contributed by atoms with Gasteiger partial charge in [-0.15, -0.1) is 4.37 Å². The fraction of sp³-hybridized carbons (Fsp3) is 0.727. The Morgan fingerprint density at radius 1 is 1.58 bits per heavy atom. The lowest BCUT2D eigenvalue weighted by molar-refractivity contribution is -0.121. The van der Waals surface area contributed by atoms with Gasteiger partial charge >= 0.3 is 0 Å². The molecular weight excluding hydrogens is 268 g/mol. The van der Waals surface area contributed by atoms with Crippen molar-refractivity contribution < 1.29 is 14.6 Å². The average molecular weight is 288 g/mol. The van der Waals surface area contributed by atoms with Crippen molar-refractivity contribution in [2.75, 3.05) is 19.7 Å². The van der Waals surface area contributed by atoms with Crippen LogP contribution in [0.1, 0.15) is 20.3 Å². The molecule has 0 aromatic carbocycles. The van der Waals surface area contributed by atoms with Gasteiger partial charge in [0.05, 0.1) is 11.7 Å². The van der Waals surface area contributed by atoms with E-state index < -0.39 is 6.10 Å². The number of aromatic nitrogens is 2. The molecule has 3 N–H and O–H groups in total. The third kappa shape index (κ3) is 7.70. The first-order valence-electron chi connectivity index (χ1n) is 6.16. The van der Waals surface area contributed by atoms with E-state index in [1.807, 2.05) is 13.8 Å². The van der Waals surface area contributed by atoms with Crippen molar-refractivity contribution in [3.63, 3.8) is 0 Å². The van der Waals surface area contributed by atoms with Gasteiger partial charge in [0.1, 0.15) is 18.9 Å². The number of aliphatic hydroxyl groups excluding tert-OH is 1. The predicted molar refractivity (Wildman–Crippen MR) is 72.2 cm³/mol. The summed E-state index contributed by atoms with van der Waals surface area (Å²) in [5.74, 6) is 0.419. The molecule has 0 saturated carbocycles. The summed E-state index contributed by atoms with van der Waals surface area (Å²) in [4.78, 5) is 11.3. The van der Waals surface area contributed by atoms with Gasteiger partial charge in [-0.25, -0.2) is 0 Å². The highest BCUT2D eigenvalue weighted by Gasteiger charge is 2.07. The topological polar surface area (TPSA) is 96.4 Å². The number of aliphatic hydroxyl groups is 1. The first kappa shape index (κ1) is 15.8. The third-order valence-electron chi connectivity index (χ3n) is 2.12. The zero-order valence-electron chi connectivity index (χ0n) is 11.1. The normalized spacial score (nSPS) is 12.4. The SMILES string of the molecule is CC(C)NC(=O)CCNCC(O)COc1cnsn1. The van der Waals surface area contributed by atoms with Gasteiger partial charge in [-0.2, -0.15) is 4.37 Å². The summed E-state index contributed by atoms with van der Waals surface area (Å²) in [5, 5.41) is 15.4. The second-order valence-corrected chi connectivity index (χ2v) is 4.94. The maximum atomic E-state index is 11.3. The van der Waals surface area contributed by atoms with Crippen molar-refractivity contribution in [3.05, 3.63) is 6.20 Å². The Kier molecular flexibility index (Phi) is 7.31. The minimum atomic E-state index is -0.644. The van der Waals surface area contributed by atoms with Crippen LogP contribution >= 0.6 is 11.7 Å². The van der Waals surface area contributed by atoms with Crippen molar-refractivity contribution >= 4 is 17.6 Å². The number of rotatable bonds is 9. The highest BCUT2D eigenvalue weighted by Crippen LogP contribution is 2.04. The van der Waals surface area contributed by atoms with Crippen LogP contribution in [0.4, 0.5) is 0 Å². The summed E-state index contributed by atoms with van der Waals surface area (Å²) in [5.41, 5.74) is 0. The molecular formula is C11H20N4O3S. The van der Waals surface area contributed by atoms with Crippen molar-refractivity contribution in [1.29, 1.82) is 0 Å². The van der Waals surface area contributed by atoms with Crippen LogP contribution in [0.15, 0.2) is 6.20 Å². The molecule has 1 aromatic rings. The summed E-state index contributed by atoms with van der Waals surface area (Å²) in [6.07, 6.45) is 1.25. The number of carbonyl (C=O) groups is 1. The van der Waals surface area contributed by atoms with Crippen molar-refractivity contribution in [2.24, 2.45) is 0 Å². The van der Waals surface area contributed by atoms with Crippen molar-refractivity contribution in [3.8, 4) is 5.88 Å². The number of nitrogens with zero attached hydrogens (tertiary/aromatic N) is 2. The van der Waals surface area contributed by atoms with E-state index in [0.717, 1.165) is 11.7 Å². The van der Waals surface area contributed by atoms with Crippen LogP contribution < -0.4 is 15.4 Å². The molecule has 108 valence electrons. The Balaban J connectivity index is 2.01. The maximum Gasteiger partial charge on any atom is 0.245 e. The van der Waals surface area contributed by atoms with Gasteiger partial charge in [0, 0.05) is 25.6 Å². The molecule has 0 aliphatic rings. The van der Waals surface area contributed by atoms with E-state index in [2.05, 4.69) is 19.4 Å².